The Kier molecular flexibility index (Phi) is 6.66. The van der Waals surface area contributed by atoms with Crippen LogP contribution in [0.3, 0.4) is 0 Å². The van der Waals surface area contributed by atoms with Crippen molar-refractivity contribution in [3.05, 3.63) is 23.9 Å². The number of hydrogen-bond acceptors (Lipinski definition) is 5. The van der Waals surface area contributed by atoms with Crippen molar-refractivity contribution in [3.63, 3.8) is 0 Å². The number of ether oxygens (including phenoxy) is 3. The highest BCUT2D eigenvalue weighted by Gasteiger charge is 2.49. The highest BCUT2D eigenvalue weighted by molar-refractivity contribution is 6.06. The number of benzene rings is 1. The average molecular weight is 484 g/mol. The molecular weight excluding hydrogens is 446 g/mol. The summed E-state index contributed by atoms with van der Waals surface area (Å²) in [6, 6.07) is 5.71. The van der Waals surface area contributed by atoms with Gasteiger partial charge in [-0.3, -0.25) is 9.59 Å². The summed E-state index contributed by atoms with van der Waals surface area (Å²) in [7, 11) is 3.24. The molecule has 35 heavy (non-hydrogen) atoms. The molecule has 1 saturated carbocycles. The summed E-state index contributed by atoms with van der Waals surface area (Å²) < 4.78 is 19.1. The summed E-state index contributed by atoms with van der Waals surface area (Å²) in [5.74, 6) is 1.07. The van der Waals surface area contributed by atoms with Crippen LogP contribution in [0, 0.1) is 0 Å². The van der Waals surface area contributed by atoms with E-state index in [0.29, 0.717) is 36.9 Å². The van der Waals surface area contributed by atoms with Crippen LogP contribution >= 0.6 is 0 Å². The largest absolute Gasteiger partial charge is 0.496 e. The molecule has 1 aliphatic carbocycles. The Morgan fingerprint density at radius 2 is 1.80 bits per heavy atom. The van der Waals surface area contributed by atoms with Crippen LogP contribution in [-0.2, 0) is 16.1 Å². The van der Waals surface area contributed by atoms with E-state index in [0.717, 1.165) is 49.4 Å². The van der Waals surface area contributed by atoms with Crippen LogP contribution in [0.2, 0.25) is 0 Å². The molecule has 2 unspecified atom stereocenters. The maximum atomic E-state index is 14.0. The van der Waals surface area contributed by atoms with E-state index in [9.17, 15) is 9.59 Å². The molecule has 2 fully saturated rings. The van der Waals surface area contributed by atoms with Gasteiger partial charge in [-0.1, -0.05) is 25.7 Å². The van der Waals surface area contributed by atoms with Gasteiger partial charge in [0.15, 0.2) is 0 Å². The topological polar surface area (TPSA) is 82.0 Å². The minimum absolute atomic E-state index is 0.0519. The minimum Gasteiger partial charge on any atom is -0.496 e. The van der Waals surface area contributed by atoms with Crippen molar-refractivity contribution in [3.8, 4) is 11.5 Å². The molecule has 2 amide bonds. The predicted octanol–water partition coefficient (Wildman–Crippen LogP) is 3.89. The van der Waals surface area contributed by atoms with Crippen LogP contribution in [0.15, 0.2) is 18.2 Å². The van der Waals surface area contributed by atoms with Gasteiger partial charge in [0.05, 0.1) is 32.4 Å². The van der Waals surface area contributed by atoms with Crippen LogP contribution in [0.25, 0.3) is 10.9 Å². The molecule has 0 radical (unpaired) electrons. The molecule has 1 saturated heterocycles. The third-order valence-electron chi connectivity index (χ3n) is 8.04. The molecule has 3 aliphatic rings. The van der Waals surface area contributed by atoms with Gasteiger partial charge in [-0.2, -0.15) is 0 Å². The highest BCUT2D eigenvalue weighted by Crippen LogP contribution is 2.40. The summed E-state index contributed by atoms with van der Waals surface area (Å²) in [6.07, 6.45) is 8.49. The smallest absolute Gasteiger partial charge is 0.271 e. The van der Waals surface area contributed by atoms with Crippen molar-refractivity contribution < 1.29 is 23.8 Å². The maximum absolute atomic E-state index is 14.0. The Labute approximate surface area is 206 Å². The van der Waals surface area contributed by atoms with E-state index in [2.05, 4.69) is 5.32 Å². The molecule has 190 valence electrons. The SMILES string of the molecule is COc1ccc(OC)c2c1cc1n2CC(C)(C(=O)NC2CCCCCC2)N(CC2CCCO2)C1=O. The van der Waals surface area contributed by atoms with Gasteiger partial charge in [-0.05, 0) is 50.8 Å². The van der Waals surface area contributed by atoms with Crippen LogP contribution in [0.1, 0.15) is 68.8 Å². The molecule has 3 heterocycles. The first kappa shape index (κ1) is 24.0. The molecule has 0 bridgehead atoms. The Morgan fingerprint density at radius 1 is 1.09 bits per heavy atom. The van der Waals surface area contributed by atoms with Gasteiger partial charge in [0.25, 0.3) is 5.91 Å². The van der Waals surface area contributed by atoms with E-state index >= 15 is 0 Å². The zero-order valence-corrected chi connectivity index (χ0v) is 21.1. The van der Waals surface area contributed by atoms with Crippen LogP contribution in [0.4, 0.5) is 0 Å². The summed E-state index contributed by atoms with van der Waals surface area (Å²) in [5.41, 5.74) is 0.267. The lowest BCUT2D eigenvalue weighted by Gasteiger charge is -2.45. The van der Waals surface area contributed by atoms with Gasteiger partial charge >= 0.3 is 0 Å². The fraction of sp³-hybridized carbons (Fsp3) is 0.630. The van der Waals surface area contributed by atoms with Crippen molar-refractivity contribution in [1.29, 1.82) is 0 Å². The number of aromatic nitrogens is 1. The third-order valence-corrected chi connectivity index (χ3v) is 8.04. The first-order valence-corrected chi connectivity index (χ1v) is 12.9. The van der Waals surface area contributed by atoms with Crippen molar-refractivity contribution in [1.82, 2.24) is 14.8 Å². The van der Waals surface area contributed by atoms with Gasteiger partial charge in [-0.15, -0.1) is 0 Å². The number of amides is 2. The molecule has 8 heteroatoms. The fourth-order valence-corrected chi connectivity index (χ4v) is 6.00. The van der Waals surface area contributed by atoms with E-state index < -0.39 is 5.54 Å². The number of nitrogens with zero attached hydrogens (tertiary/aromatic N) is 2. The molecule has 5 rings (SSSR count). The highest BCUT2D eigenvalue weighted by atomic mass is 16.5. The normalized spacial score (nSPS) is 25.4. The maximum Gasteiger partial charge on any atom is 0.271 e. The molecule has 8 nitrogen and oxygen atoms in total. The zero-order valence-electron chi connectivity index (χ0n) is 21.1. The van der Waals surface area contributed by atoms with Crippen LogP contribution in [-0.4, -0.2) is 66.3 Å². The predicted molar refractivity (Wildman–Crippen MR) is 133 cm³/mol. The Morgan fingerprint density at radius 3 is 2.46 bits per heavy atom. The lowest BCUT2D eigenvalue weighted by atomic mass is 9.93. The molecule has 2 atom stereocenters. The van der Waals surface area contributed by atoms with Crippen molar-refractivity contribution in [2.24, 2.45) is 0 Å². The number of carbonyl (C=O) groups excluding carboxylic acids is 2. The molecule has 2 aliphatic heterocycles. The van der Waals surface area contributed by atoms with Gasteiger partial charge in [0.2, 0.25) is 5.91 Å². The van der Waals surface area contributed by atoms with Gasteiger partial charge in [-0.25, -0.2) is 0 Å². The summed E-state index contributed by atoms with van der Waals surface area (Å²) in [6.45, 7) is 3.34. The average Bonchev–Trinajstić information content (AvgIpc) is 3.43. The van der Waals surface area contributed by atoms with E-state index in [-0.39, 0.29) is 24.0 Å². The molecule has 1 aromatic carbocycles. The Bertz CT molecular complexity index is 1100. The summed E-state index contributed by atoms with van der Waals surface area (Å²) in [4.78, 5) is 29.7. The number of fused-ring (bicyclic) bond motifs is 3. The van der Waals surface area contributed by atoms with E-state index in [1.54, 1.807) is 19.1 Å². The van der Waals surface area contributed by atoms with Gasteiger partial charge in [0, 0.05) is 24.6 Å². The van der Waals surface area contributed by atoms with Crippen LogP contribution in [0.5, 0.6) is 11.5 Å². The van der Waals surface area contributed by atoms with Crippen molar-refractivity contribution >= 4 is 22.7 Å². The standard InChI is InChI=1S/C27H37N3O5/c1-27(26(32)28-18-9-6-4-5-7-10-18)17-29-21(25(31)30(27)16-19-11-8-14-35-19)15-20-22(33-2)12-13-23(34-3)24(20)29/h12-13,15,18-19H,4-11,14,16-17H2,1-3H3,(H,28,32). The number of rotatable bonds is 6. The van der Waals surface area contributed by atoms with E-state index in [4.69, 9.17) is 14.2 Å². The van der Waals surface area contributed by atoms with Crippen molar-refractivity contribution in [2.75, 3.05) is 27.4 Å². The quantitative estimate of drug-likeness (QED) is 0.631. The second-order valence-electron chi connectivity index (χ2n) is 10.3. The van der Waals surface area contributed by atoms with Gasteiger partial charge < -0.3 is 29.0 Å². The second kappa shape index (κ2) is 9.72. The third kappa shape index (κ3) is 4.26. The van der Waals surface area contributed by atoms with Crippen LogP contribution < -0.4 is 14.8 Å². The van der Waals surface area contributed by atoms with Crippen molar-refractivity contribution in [2.45, 2.75) is 82.5 Å². The monoisotopic (exact) mass is 483 g/mol. The first-order valence-electron chi connectivity index (χ1n) is 12.9. The van der Waals surface area contributed by atoms with E-state index in [1.807, 2.05) is 29.7 Å². The number of methoxy groups -OCH3 is 2. The summed E-state index contributed by atoms with van der Waals surface area (Å²) in [5, 5.41) is 4.13. The molecule has 2 aromatic rings. The number of hydrogen-bond donors (Lipinski definition) is 1. The van der Waals surface area contributed by atoms with E-state index in [1.165, 1.54) is 12.8 Å². The summed E-state index contributed by atoms with van der Waals surface area (Å²) >= 11 is 0. The molecular formula is C27H37N3O5. The zero-order chi connectivity index (χ0) is 24.6. The number of carbonyl (C=O) groups is 2. The minimum atomic E-state index is -1.05. The second-order valence-corrected chi connectivity index (χ2v) is 10.3. The molecule has 0 spiro atoms. The lowest BCUT2D eigenvalue weighted by Crippen LogP contribution is -2.66. The Balaban J connectivity index is 1.57. The first-order chi connectivity index (χ1) is 17.0. The fourth-order valence-electron chi connectivity index (χ4n) is 6.00. The lowest BCUT2D eigenvalue weighted by molar-refractivity contribution is -0.134. The Hall–Kier alpha value is -2.74. The van der Waals surface area contributed by atoms with Gasteiger partial charge in [0.1, 0.15) is 22.7 Å². The number of nitrogens with one attached hydrogen (secondary N) is 1. The molecule has 1 aromatic heterocycles. The molecule has 1 N–H and O–H groups in total.